The Kier molecular flexibility index (Phi) is 7.64. The summed E-state index contributed by atoms with van der Waals surface area (Å²) in [4.78, 5) is 0. The van der Waals surface area contributed by atoms with Gasteiger partial charge >= 0.3 is 0 Å². The molecule has 0 unspecified atom stereocenters. The molecular formula is C16H21F2NO. The van der Waals surface area contributed by atoms with E-state index in [0.29, 0.717) is 6.61 Å². The minimum absolute atomic E-state index is 0.0473. The molecule has 1 rings (SSSR count). The quantitative estimate of drug-likeness (QED) is 0.599. The number of ether oxygens (including phenoxy) is 1. The van der Waals surface area contributed by atoms with Crippen molar-refractivity contribution in [1.29, 1.82) is 5.26 Å². The molecule has 0 radical (unpaired) electrons. The molecule has 0 N–H and O–H groups in total. The average molecular weight is 281 g/mol. The first-order valence-electron chi connectivity index (χ1n) is 7.21. The second-order valence-electron chi connectivity index (χ2n) is 4.82. The Morgan fingerprint density at radius 2 is 1.70 bits per heavy atom. The fraction of sp³-hybridized carbons (Fsp3) is 0.562. The van der Waals surface area contributed by atoms with E-state index in [9.17, 15) is 8.78 Å². The van der Waals surface area contributed by atoms with Crippen molar-refractivity contribution in [1.82, 2.24) is 0 Å². The molecular weight excluding hydrogens is 260 g/mol. The highest BCUT2D eigenvalue weighted by molar-refractivity contribution is 5.39. The number of nitrogens with zero attached hydrogens (tertiary/aromatic N) is 1. The minimum atomic E-state index is -0.907. The molecule has 0 saturated carbocycles. The lowest BCUT2D eigenvalue weighted by Crippen LogP contribution is -2.01. The molecule has 0 aromatic heterocycles. The van der Waals surface area contributed by atoms with Crippen molar-refractivity contribution in [3.63, 3.8) is 0 Å². The second-order valence-corrected chi connectivity index (χ2v) is 4.82. The highest BCUT2D eigenvalue weighted by Gasteiger charge is 2.13. The molecule has 1 aromatic rings. The van der Waals surface area contributed by atoms with E-state index in [2.05, 4.69) is 6.92 Å². The maximum atomic E-state index is 13.7. The molecule has 0 bridgehead atoms. The van der Waals surface area contributed by atoms with Crippen LogP contribution in [0.25, 0.3) is 0 Å². The van der Waals surface area contributed by atoms with Crippen molar-refractivity contribution >= 4 is 0 Å². The van der Waals surface area contributed by atoms with Crippen molar-refractivity contribution in [2.75, 3.05) is 6.61 Å². The molecule has 4 heteroatoms. The number of hydrogen-bond donors (Lipinski definition) is 0. The maximum Gasteiger partial charge on any atom is 0.185 e. The normalized spacial score (nSPS) is 10.3. The SMILES string of the molecule is CCCCCCCCCOc1ccc(F)c(C#N)c1F. The highest BCUT2D eigenvalue weighted by atomic mass is 19.1. The van der Waals surface area contributed by atoms with Gasteiger partial charge in [0.05, 0.1) is 6.61 Å². The maximum absolute atomic E-state index is 13.7. The smallest absolute Gasteiger partial charge is 0.185 e. The van der Waals surface area contributed by atoms with E-state index in [1.165, 1.54) is 37.8 Å². The Hall–Kier alpha value is -1.63. The molecule has 0 saturated heterocycles. The van der Waals surface area contributed by atoms with Crippen molar-refractivity contribution in [3.05, 3.63) is 29.3 Å². The molecule has 0 atom stereocenters. The number of nitriles is 1. The van der Waals surface area contributed by atoms with Crippen molar-refractivity contribution in [2.45, 2.75) is 51.9 Å². The number of hydrogen-bond acceptors (Lipinski definition) is 2. The second kappa shape index (κ2) is 9.30. The van der Waals surface area contributed by atoms with Crippen molar-refractivity contribution < 1.29 is 13.5 Å². The largest absolute Gasteiger partial charge is 0.490 e. The lowest BCUT2D eigenvalue weighted by atomic mass is 10.1. The Morgan fingerprint density at radius 3 is 2.35 bits per heavy atom. The summed E-state index contributed by atoms with van der Waals surface area (Å²) in [5.74, 6) is -1.81. The number of unbranched alkanes of at least 4 members (excludes halogenated alkanes) is 6. The lowest BCUT2D eigenvalue weighted by Gasteiger charge is -2.08. The van der Waals surface area contributed by atoms with Crippen LogP contribution in [0.3, 0.4) is 0 Å². The zero-order chi connectivity index (χ0) is 14.8. The topological polar surface area (TPSA) is 33.0 Å². The zero-order valence-electron chi connectivity index (χ0n) is 11.9. The fourth-order valence-corrected chi connectivity index (χ4v) is 1.99. The molecule has 110 valence electrons. The first-order chi connectivity index (χ1) is 9.70. The van der Waals surface area contributed by atoms with Crippen LogP contribution < -0.4 is 4.74 Å². The van der Waals surface area contributed by atoms with E-state index < -0.39 is 17.2 Å². The van der Waals surface area contributed by atoms with Gasteiger partial charge in [0.25, 0.3) is 0 Å². The number of halogens is 2. The van der Waals surface area contributed by atoms with Gasteiger partial charge in [0.2, 0.25) is 0 Å². The third-order valence-electron chi connectivity index (χ3n) is 3.17. The summed E-state index contributed by atoms with van der Waals surface area (Å²) in [5, 5.41) is 8.65. The first kappa shape index (κ1) is 16.4. The standard InChI is InChI=1S/C16H21F2NO/c1-2-3-4-5-6-7-8-11-20-15-10-9-14(17)13(12-19)16(15)18/h9-10H,2-8,11H2,1H3. The zero-order valence-corrected chi connectivity index (χ0v) is 11.9. The van der Waals surface area contributed by atoms with E-state index in [1.807, 2.05) is 0 Å². The molecule has 0 aliphatic carbocycles. The molecule has 0 aliphatic heterocycles. The third-order valence-corrected chi connectivity index (χ3v) is 3.17. The van der Waals surface area contributed by atoms with Crippen LogP contribution in [-0.4, -0.2) is 6.61 Å². The van der Waals surface area contributed by atoms with Gasteiger partial charge in [-0.2, -0.15) is 5.26 Å². The predicted octanol–water partition coefficient (Wildman–Crippen LogP) is 4.97. The summed E-state index contributed by atoms with van der Waals surface area (Å²) in [6.07, 6.45) is 8.01. The van der Waals surface area contributed by atoms with E-state index in [4.69, 9.17) is 10.00 Å². The van der Waals surface area contributed by atoms with Gasteiger partial charge in [-0.25, -0.2) is 8.78 Å². The highest BCUT2D eigenvalue weighted by Crippen LogP contribution is 2.22. The molecule has 1 aromatic carbocycles. The summed E-state index contributed by atoms with van der Waals surface area (Å²) < 4.78 is 32.0. The van der Waals surface area contributed by atoms with Gasteiger partial charge in [0.15, 0.2) is 11.6 Å². The molecule has 0 fully saturated rings. The van der Waals surface area contributed by atoms with Crippen LogP contribution in [-0.2, 0) is 0 Å². The Balaban J connectivity index is 2.28. The Labute approximate surface area is 119 Å². The Morgan fingerprint density at radius 1 is 1.05 bits per heavy atom. The molecule has 2 nitrogen and oxygen atoms in total. The van der Waals surface area contributed by atoms with Gasteiger partial charge in [0, 0.05) is 0 Å². The van der Waals surface area contributed by atoms with Crippen LogP contribution >= 0.6 is 0 Å². The lowest BCUT2D eigenvalue weighted by molar-refractivity contribution is 0.288. The van der Waals surface area contributed by atoms with E-state index in [-0.39, 0.29) is 5.75 Å². The Bertz CT molecular complexity index is 455. The molecule has 0 amide bonds. The average Bonchev–Trinajstić information content (AvgIpc) is 2.44. The fourth-order valence-electron chi connectivity index (χ4n) is 1.99. The van der Waals surface area contributed by atoms with Gasteiger partial charge in [-0.05, 0) is 18.6 Å². The van der Waals surface area contributed by atoms with E-state index >= 15 is 0 Å². The van der Waals surface area contributed by atoms with E-state index in [1.54, 1.807) is 0 Å². The molecule has 0 heterocycles. The van der Waals surface area contributed by atoms with Gasteiger partial charge in [0.1, 0.15) is 17.4 Å². The van der Waals surface area contributed by atoms with Crippen LogP contribution in [0.1, 0.15) is 57.4 Å². The summed E-state index contributed by atoms with van der Waals surface area (Å²) >= 11 is 0. The molecule has 20 heavy (non-hydrogen) atoms. The van der Waals surface area contributed by atoms with Crippen LogP contribution in [0.15, 0.2) is 12.1 Å². The van der Waals surface area contributed by atoms with Gasteiger partial charge in [-0.3, -0.25) is 0 Å². The molecule has 0 aliphatic rings. The summed E-state index contributed by atoms with van der Waals surface area (Å²) in [5.41, 5.74) is -0.581. The first-order valence-corrected chi connectivity index (χ1v) is 7.21. The van der Waals surface area contributed by atoms with Gasteiger partial charge < -0.3 is 4.74 Å². The minimum Gasteiger partial charge on any atom is -0.490 e. The number of benzene rings is 1. The summed E-state index contributed by atoms with van der Waals surface area (Å²) in [6, 6.07) is 3.79. The van der Waals surface area contributed by atoms with Gasteiger partial charge in [-0.1, -0.05) is 45.4 Å². The summed E-state index contributed by atoms with van der Waals surface area (Å²) in [6.45, 7) is 2.57. The third kappa shape index (κ3) is 5.16. The summed E-state index contributed by atoms with van der Waals surface area (Å²) in [7, 11) is 0. The van der Waals surface area contributed by atoms with Crippen LogP contribution in [0.4, 0.5) is 8.78 Å². The van der Waals surface area contributed by atoms with Crippen LogP contribution in [0, 0.1) is 23.0 Å². The van der Waals surface area contributed by atoms with Crippen molar-refractivity contribution in [3.8, 4) is 11.8 Å². The van der Waals surface area contributed by atoms with Gasteiger partial charge in [-0.15, -0.1) is 0 Å². The predicted molar refractivity (Wildman–Crippen MR) is 74.6 cm³/mol. The van der Waals surface area contributed by atoms with E-state index in [0.717, 1.165) is 25.3 Å². The van der Waals surface area contributed by atoms with Crippen LogP contribution in [0.5, 0.6) is 5.75 Å². The van der Waals surface area contributed by atoms with Crippen LogP contribution in [0.2, 0.25) is 0 Å². The number of rotatable bonds is 9. The van der Waals surface area contributed by atoms with Crippen molar-refractivity contribution in [2.24, 2.45) is 0 Å². The molecule has 0 spiro atoms. The monoisotopic (exact) mass is 281 g/mol.